The van der Waals surface area contributed by atoms with Crippen molar-refractivity contribution in [3.63, 3.8) is 0 Å². The predicted octanol–water partition coefficient (Wildman–Crippen LogP) is 8.93. The number of ether oxygens (including phenoxy) is 3. The van der Waals surface area contributed by atoms with Crippen LogP contribution in [0.25, 0.3) is 28.3 Å². The fourth-order valence-electron chi connectivity index (χ4n) is 7.57. The molecule has 0 aromatic carbocycles. The van der Waals surface area contributed by atoms with Gasteiger partial charge in [0.25, 0.3) is 0 Å². The van der Waals surface area contributed by atoms with Gasteiger partial charge in [0, 0.05) is 91.8 Å². The number of imidazole rings is 1. The number of hydrogen-bond acceptors (Lipinski definition) is 9. The maximum atomic E-state index is 17.4. The quantitative estimate of drug-likeness (QED) is 0.0555. The van der Waals surface area contributed by atoms with Crippen LogP contribution in [-0.4, -0.2) is 115 Å². The van der Waals surface area contributed by atoms with E-state index < -0.39 is 36.1 Å². The van der Waals surface area contributed by atoms with Gasteiger partial charge in [0.2, 0.25) is 0 Å². The summed E-state index contributed by atoms with van der Waals surface area (Å²) in [6.45, 7) is 23.3. The van der Waals surface area contributed by atoms with E-state index in [1.165, 1.54) is 0 Å². The zero-order chi connectivity index (χ0) is 41.1. The van der Waals surface area contributed by atoms with Crippen LogP contribution < -0.4 is 4.90 Å². The number of halogens is 1. The molecular formula is C40H63FN8O5Si3. The minimum atomic E-state index is -1.37. The summed E-state index contributed by atoms with van der Waals surface area (Å²) in [7, 11) is -3.96. The first-order chi connectivity index (χ1) is 26.9. The Hall–Kier alpha value is -3.49. The van der Waals surface area contributed by atoms with Crippen molar-refractivity contribution in [2.75, 3.05) is 38.2 Å². The summed E-state index contributed by atoms with van der Waals surface area (Å²) >= 11 is 0. The van der Waals surface area contributed by atoms with Crippen molar-refractivity contribution in [1.82, 2.24) is 34.0 Å². The molecule has 1 N–H and O–H groups in total. The third-order valence-corrected chi connectivity index (χ3v) is 16.1. The third-order valence-electron chi connectivity index (χ3n) is 11.0. The van der Waals surface area contributed by atoms with E-state index in [0.717, 1.165) is 36.5 Å². The Morgan fingerprint density at radius 3 is 2.00 bits per heavy atom. The molecule has 2 saturated heterocycles. The number of carboxylic acid groups (broad SMARTS) is 1. The molecule has 2 aliphatic rings. The highest BCUT2D eigenvalue weighted by Gasteiger charge is 2.45. The summed E-state index contributed by atoms with van der Waals surface area (Å²) in [5.74, 6) is 0.205. The van der Waals surface area contributed by atoms with Gasteiger partial charge >= 0.3 is 6.09 Å². The van der Waals surface area contributed by atoms with Crippen molar-refractivity contribution in [2.24, 2.45) is 0 Å². The van der Waals surface area contributed by atoms with E-state index in [9.17, 15) is 9.90 Å². The SMILES string of the molecule is C[Si](C)(C)CCOCN(COCC[Si](C)(C)C)c1c(F)c(C2CC3CCC(C2)N3C(=O)O)nc2c(-c3ccc(-c4nccn4COCC[Si](C)(C)C)nc3)cnn12. The van der Waals surface area contributed by atoms with Crippen molar-refractivity contribution in [1.29, 1.82) is 0 Å². The molecule has 1 amide bonds. The summed E-state index contributed by atoms with van der Waals surface area (Å²) in [5, 5.41) is 14.7. The molecule has 312 valence electrons. The van der Waals surface area contributed by atoms with Gasteiger partial charge in [-0.05, 0) is 49.9 Å². The summed E-state index contributed by atoms with van der Waals surface area (Å²) in [5.41, 5.74) is 3.01. The molecule has 57 heavy (non-hydrogen) atoms. The lowest BCUT2D eigenvalue weighted by molar-refractivity contribution is 0.0882. The van der Waals surface area contributed by atoms with Gasteiger partial charge in [-0.2, -0.15) is 9.61 Å². The molecule has 0 spiro atoms. The number of piperidine rings is 1. The lowest BCUT2D eigenvalue weighted by Crippen LogP contribution is -2.45. The zero-order valence-electron chi connectivity index (χ0n) is 35.4. The number of fused-ring (bicyclic) bond motifs is 3. The molecule has 2 bridgehead atoms. The number of anilines is 1. The van der Waals surface area contributed by atoms with Crippen LogP contribution in [0.15, 0.2) is 36.9 Å². The molecule has 0 saturated carbocycles. The minimum absolute atomic E-state index is 0.121. The molecule has 2 unspecified atom stereocenters. The van der Waals surface area contributed by atoms with Gasteiger partial charge in [0.15, 0.2) is 23.1 Å². The van der Waals surface area contributed by atoms with Gasteiger partial charge < -0.3 is 33.7 Å². The first-order valence-electron chi connectivity index (χ1n) is 20.4. The van der Waals surface area contributed by atoms with E-state index in [-0.39, 0.29) is 37.3 Å². The average molecular weight is 839 g/mol. The van der Waals surface area contributed by atoms with Gasteiger partial charge in [-0.15, -0.1) is 0 Å². The van der Waals surface area contributed by atoms with Gasteiger partial charge in [-0.3, -0.25) is 4.98 Å². The van der Waals surface area contributed by atoms with Crippen LogP contribution in [0.3, 0.4) is 0 Å². The molecule has 6 heterocycles. The van der Waals surface area contributed by atoms with Crippen LogP contribution in [0.5, 0.6) is 0 Å². The van der Waals surface area contributed by atoms with Gasteiger partial charge in [-0.25, -0.2) is 19.2 Å². The Kier molecular flexibility index (Phi) is 13.4. The Labute approximate surface area is 340 Å². The second-order valence-electron chi connectivity index (χ2n) is 19.4. The number of nitrogens with zero attached hydrogens (tertiary/aromatic N) is 8. The van der Waals surface area contributed by atoms with E-state index in [0.29, 0.717) is 67.8 Å². The topological polar surface area (TPSA) is 132 Å². The Balaban J connectivity index is 1.35. The molecule has 4 aromatic heterocycles. The Morgan fingerprint density at radius 1 is 0.860 bits per heavy atom. The van der Waals surface area contributed by atoms with Crippen molar-refractivity contribution in [2.45, 2.75) is 127 Å². The number of pyridine rings is 1. The van der Waals surface area contributed by atoms with E-state index >= 15 is 4.39 Å². The number of amides is 1. The predicted molar refractivity (Wildman–Crippen MR) is 231 cm³/mol. The minimum Gasteiger partial charge on any atom is -0.465 e. The van der Waals surface area contributed by atoms with Crippen LogP contribution in [0.1, 0.15) is 37.3 Å². The number of aromatic nitrogens is 6. The normalized spacial score (nSPS) is 18.8. The monoisotopic (exact) mass is 838 g/mol. The van der Waals surface area contributed by atoms with E-state index in [1.807, 2.05) is 22.9 Å². The smallest absolute Gasteiger partial charge is 0.407 e. The first kappa shape index (κ1) is 43.1. The molecule has 17 heteroatoms. The molecule has 2 fully saturated rings. The number of carbonyl (C=O) groups is 1. The highest BCUT2D eigenvalue weighted by atomic mass is 28.3. The Morgan fingerprint density at radius 2 is 1.46 bits per heavy atom. The second kappa shape index (κ2) is 17.8. The maximum Gasteiger partial charge on any atom is 0.407 e. The molecule has 0 radical (unpaired) electrons. The highest BCUT2D eigenvalue weighted by molar-refractivity contribution is 6.76. The zero-order valence-corrected chi connectivity index (χ0v) is 38.4. The third kappa shape index (κ3) is 11.0. The summed E-state index contributed by atoms with van der Waals surface area (Å²) in [6.07, 6.45) is 8.79. The molecule has 2 atom stereocenters. The van der Waals surface area contributed by atoms with Crippen LogP contribution >= 0.6 is 0 Å². The first-order valence-corrected chi connectivity index (χ1v) is 31.6. The van der Waals surface area contributed by atoms with Crippen molar-refractivity contribution < 1.29 is 28.5 Å². The average Bonchev–Trinajstić information content (AvgIpc) is 3.84. The van der Waals surface area contributed by atoms with Crippen molar-refractivity contribution in [3.05, 3.63) is 48.4 Å². The summed E-state index contributed by atoms with van der Waals surface area (Å²) in [6, 6.07) is 6.59. The van der Waals surface area contributed by atoms with Gasteiger partial charge in [-0.1, -0.05) is 65.0 Å². The molecule has 13 nitrogen and oxygen atoms in total. The molecular weight excluding hydrogens is 776 g/mol. The molecule has 2 aliphatic heterocycles. The second-order valence-corrected chi connectivity index (χ2v) is 36.3. The van der Waals surface area contributed by atoms with Crippen LogP contribution in [0.2, 0.25) is 77.1 Å². The van der Waals surface area contributed by atoms with Gasteiger partial charge in [0.05, 0.1) is 11.9 Å². The van der Waals surface area contributed by atoms with Crippen LogP contribution in [-0.2, 0) is 20.9 Å². The van der Waals surface area contributed by atoms with Gasteiger partial charge in [0.1, 0.15) is 25.9 Å². The summed E-state index contributed by atoms with van der Waals surface area (Å²) < 4.78 is 39.4. The lowest BCUT2D eigenvalue weighted by Gasteiger charge is -2.37. The lowest BCUT2D eigenvalue weighted by atomic mass is 9.87. The van der Waals surface area contributed by atoms with Crippen LogP contribution in [0.4, 0.5) is 15.0 Å². The van der Waals surface area contributed by atoms with E-state index in [2.05, 4.69) is 63.9 Å². The van der Waals surface area contributed by atoms with E-state index in [4.69, 9.17) is 29.3 Å². The molecule has 4 aromatic rings. The highest BCUT2D eigenvalue weighted by Crippen LogP contribution is 2.45. The molecule has 6 rings (SSSR count). The summed E-state index contributed by atoms with van der Waals surface area (Å²) in [4.78, 5) is 30.0. The maximum absolute atomic E-state index is 17.4. The Bertz CT molecular complexity index is 1940. The molecule has 0 aliphatic carbocycles. The van der Waals surface area contributed by atoms with Crippen molar-refractivity contribution in [3.8, 4) is 22.6 Å². The standard InChI is InChI=1S/C40H63FN8O5Si3/c1-55(2,3)19-16-52-26-46-15-14-42-38(46)34-13-10-29(24-43-34)33-25-44-49-37(33)45-36(30-22-31-11-12-32(23-30)48(31)40(50)51)35(41)39(49)47(27-53-17-20-56(4,5)6)28-54-18-21-57(7,8)9/h10,13-15,24-25,30-32H,11-12,16-23,26-28H2,1-9H3,(H,50,51). The van der Waals surface area contributed by atoms with E-state index in [1.54, 1.807) is 32.9 Å². The largest absolute Gasteiger partial charge is 0.465 e. The van der Waals surface area contributed by atoms with Crippen LogP contribution in [0, 0.1) is 5.82 Å². The number of rotatable bonds is 19. The van der Waals surface area contributed by atoms with Crippen molar-refractivity contribution >= 4 is 41.8 Å². The number of hydrogen-bond donors (Lipinski definition) is 1. The fraction of sp³-hybridized carbons (Fsp3) is 0.625. The fourth-order valence-corrected chi connectivity index (χ4v) is 9.84.